The molecule has 6 nitrogen and oxygen atoms in total. The molecule has 2 atom stereocenters. The molecule has 1 aliphatic carbocycles. The quantitative estimate of drug-likeness (QED) is 0.929. The van der Waals surface area contributed by atoms with E-state index in [1.165, 1.54) is 0 Å². The Morgan fingerprint density at radius 1 is 1.41 bits per heavy atom. The minimum absolute atomic E-state index is 0.0594. The summed E-state index contributed by atoms with van der Waals surface area (Å²) in [6, 6.07) is 3.83. The molecule has 2 unspecified atom stereocenters. The number of rotatable bonds is 4. The van der Waals surface area contributed by atoms with Crippen LogP contribution >= 0.6 is 0 Å². The van der Waals surface area contributed by atoms with Crippen molar-refractivity contribution in [3.63, 3.8) is 0 Å². The SMILES string of the molecule is CN(CC1CCCC1O)C(=O)c1cnn(C)c1-n1cccc1. The van der Waals surface area contributed by atoms with Crippen LogP contribution in [0.5, 0.6) is 0 Å². The first-order valence-corrected chi connectivity index (χ1v) is 7.67. The summed E-state index contributed by atoms with van der Waals surface area (Å²) >= 11 is 0. The fourth-order valence-electron chi connectivity index (χ4n) is 3.23. The molecule has 3 rings (SSSR count). The molecular weight excluding hydrogens is 280 g/mol. The maximum atomic E-state index is 12.7. The fourth-order valence-corrected chi connectivity index (χ4v) is 3.23. The number of hydrogen-bond acceptors (Lipinski definition) is 3. The highest BCUT2D eigenvalue weighted by Crippen LogP contribution is 2.26. The Morgan fingerprint density at radius 2 is 2.14 bits per heavy atom. The van der Waals surface area contributed by atoms with E-state index in [4.69, 9.17) is 0 Å². The van der Waals surface area contributed by atoms with Gasteiger partial charge in [-0.05, 0) is 25.0 Å². The number of aliphatic hydroxyl groups is 1. The molecule has 2 aromatic rings. The molecule has 22 heavy (non-hydrogen) atoms. The van der Waals surface area contributed by atoms with Crippen LogP contribution in [-0.2, 0) is 7.05 Å². The van der Waals surface area contributed by atoms with Gasteiger partial charge in [0.15, 0.2) is 0 Å². The zero-order valence-electron chi connectivity index (χ0n) is 13.0. The average Bonchev–Trinajstić information content (AvgIpc) is 3.20. The molecular formula is C16H22N4O2. The summed E-state index contributed by atoms with van der Waals surface area (Å²) in [7, 11) is 3.62. The second kappa shape index (κ2) is 5.96. The Bertz CT molecular complexity index is 647. The number of carbonyl (C=O) groups is 1. The van der Waals surface area contributed by atoms with Gasteiger partial charge in [0.2, 0.25) is 0 Å². The third-order valence-electron chi connectivity index (χ3n) is 4.46. The predicted octanol–water partition coefficient (Wildman–Crippen LogP) is 1.44. The first-order chi connectivity index (χ1) is 10.6. The maximum Gasteiger partial charge on any atom is 0.259 e. The molecule has 118 valence electrons. The number of nitrogens with zero attached hydrogens (tertiary/aromatic N) is 4. The van der Waals surface area contributed by atoms with Gasteiger partial charge in [0.05, 0.1) is 12.3 Å². The van der Waals surface area contributed by atoms with Crippen LogP contribution in [-0.4, -0.2) is 50.0 Å². The van der Waals surface area contributed by atoms with E-state index < -0.39 is 0 Å². The molecule has 1 N–H and O–H groups in total. The van der Waals surface area contributed by atoms with Crippen LogP contribution in [0.4, 0.5) is 0 Å². The number of carbonyl (C=O) groups excluding carboxylic acids is 1. The number of amides is 1. The van der Waals surface area contributed by atoms with Gasteiger partial charge in [0, 0.05) is 39.0 Å². The summed E-state index contributed by atoms with van der Waals surface area (Å²) in [6.45, 7) is 0.583. The lowest BCUT2D eigenvalue weighted by atomic mass is 10.1. The topological polar surface area (TPSA) is 63.3 Å². The number of aryl methyl sites for hydroxylation is 1. The molecule has 1 amide bonds. The first-order valence-electron chi connectivity index (χ1n) is 7.67. The zero-order valence-corrected chi connectivity index (χ0v) is 13.0. The second-order valence-electron chi connectivity index (χ2n) is 6.04. The van der Waals surface area contributed by atoms with Crippen molar-refractivity contribution in [2.75, 3.05) is 13.6 Å². The van der Waals surface area contributed by atoms with Crippen molar-refractivity contribution in [1.29, 1.82) is 0 Å². The van der Waals surface area contributed by atoms with Crippen LogP contribution in [0, 0.1) is 5.92 Å². The highest BCUT2D eigenvalue weighted by atomic mass is 16.3. The number of aromatic nitrogens is 3. The van der Waals surface area contributed by atoms with Crippen LogP contribution in [0.2, 0.25) is 0 Å². The molecule has 0 aliphatic heterocycles. The molecule has 2 heterocycles. The maximum absolute atomic E-state index is 12.7. The monoisotopic (exact) mass is 302 g/mol. The molecule has 0 radical (unpaired) electrons. The van der Waals surface area contributed by atoms with E-state index in [0.717, 1.165) is 25.1 Å². The number of aliphatic hydroxyl groups excluding tert-OH is 1. The van der Waals surface area contributed by atoms with Crippen LogP contribution in [0.1, 0.15) is 29.6 Å². The molecule has 2 aromatic heterocycles. The zero-order chi connectivity index (χ0) is 15.7. The first kappa shape index (κ1) is 14.8. The van der Waals surface area contributed by atoms with Crippen molar-refractivity contribution in [2.45, 2.75) is 25.4 Å². The van der Waals surface area contributed by atoms with Gasteiger partial charge in [0.1, 0.15) is 11.4 Å². The van der Waals surface area contributed by atoms with Gasteiger partial charge in [-0.25, -0.2) is 0 Å². The minimum Gasteiger partial charge on any atom is -0.393 e. The molecule has 0 bridgehead atoms. The summed E-state index contributed by atoms with van der Waals surface area (Å²) in [5.41, 5.74) is 0.577. The van der Waals surface area contributed by atoms with Crippen LogP contribution < -0.4 is 0 Å². The lowest BCUT2D eigenvalue weighted by molar-refractivity contribution is 0.0693. The van der Waals surface area contributed by atoms with E-state index in [0.29, 0.717) is 12.1 Å². The Morgan fingerprint density at radius 3 is 2.77 bits per heavy atom. The van der Waals surface area contributed by atoms with Gasteiger partial charge < -0.3 is 14.6 Å². The van der Waals surface area contributed by atoms with Crippen LogP contribution in [0.15, 0.2) is 30.7 Å². The fraction of sp³-hybridized carbons (Fsp3) is 0.500. The summed E-state index contributed by atoms with van der Waals surface area (Å²) < 4.78 is 3.59. The molecule has 6 heteroatoms. The highest BCUT2D eigenvalue weighted by molar-refractivity contribution is 5.97. The van der Waals surface area contributed by atoms with E-state index in [2.05, 4.69) is 5.10 Å². The molecule has 0 saturated heterocycles. The van der Waals surface area contributed by atoms with E-state index in [1.807, 2.05) is 36.1 Å². The lowest BCUT2D eigenvalue weighted by Gasteiger charge is -2.23. The van der Waals surface area contributed by atoms with Gasteiger partial charge in [-0.15, -0.1) is 0 Å². The second-order valence-corrected chi connectivity index (χ2v) is 6.04. The Labute approximate surface area is 130 Å². The van der Waals surface area contributed by atoms with E-state index in [-0.39, 0.29) is 17.9 Å². The van der Waals surface area contributed by atoms with Gasteiger partial charge in [-0.2, -0.15) is 5.10 Å². The summed E-state index contributed by atoms with van der Waals surface area (Å²) in [6.07, 6.45) is 7.98. The van der Waals surface area contributed by atoms with E-state index in [9.17, 15) is 9.90 Å². The van der Waals surface area contributed by atoms with Crippen LogP contribution in [0.25, 0.3) is 5.82 Å². The van der Waals surface area contributed by atoms with Crippen molar-refractivity contribution in [1.82, 2.24) is 19.2 Å². The van der Waals surface area contributed by atoms with E-state index >= 15 is 0 Å². The Balaban J connectivity index is 1.80. The minimum atomic E-state index is -0.284. The Kier molecular flexibility index (Phi) is 4.02. The lowest BCUT2D eigenvalue weighted by Crippen LogP contribution is -2.34. The van der Waals surface area contributed by atoms with Gasteiger partial charge in [-0.3, -0.25) is 9.48 Å². The van der Waals surface area contributed by atoms with Crippen molar-refractivity contribution in [3.8, 4) is 5.82 Å². The van der Waals surface area contributed by atoms with Crippen LogP contribution in [0.3, 0.4) is 0 Å². The molecule has 1 aliphatic rings. The standard InChI is InChI=1S/C16H22N4O2/c1-18(11-12-6-5-7-14(12)21)16(22)13-10-17-19(2)15(13)20-8-3-4-9-20/h3-4,8-10,12,14,21H,5-7,11H2,1-2H3. The van der Waals surface area contributed by atoms with Gasteiger partial charge >= 0.3 is 0 Å². The molecule has 0 spiro atoms. The predicted molar refractivity (Wildman–Crippen MR) is 82.8 cm³/mol. The average molecular weight is 302 g/mol. The van der Waals surface area contributed by atoms with Crippen molar-refractivity contribution in [3.05, 3.63) is 36.3 Å². The summed E-state index contributed by atoms with van der Waals surface area (Å²) in [4.78, 5) is 14.4. The van der Waals surface area contributed by atoms with Gasteiger partial charge in [0.25, 0.3) is 5.91 Å². The Hall–Kier alpha value is -2.08. The molecule has 1 saturated carbocycles. The summed E-state index contributed by atoms with van der Waals surface area (Å²) in [5.74, 6) is 0.880. The smallest absolute Gasteiger partial charge is 0.259 e. The van der Waals surface area contributed by atoms with Gasteiger partial charge in [-0.1, -0.05) is 6.42 Å². The highest BCUT2D eigenvalue weighted by Gasteiger charge is 2.29. The number of hydrogen-bond donors (Lipinski definition) is 1. The molecule has 0 aromatic carbocycles. The summed E-state index contributed by atoms with van der Waals surface area (Å²) in [5, 5.41) is 14.2. The normalized spacial score (nSPS) is 21.2. The third kappa shape index (κ3) is 2.66. The largest absolute Gasteiger partial charge is 0.393 e. The van der Waals surface area contributed by atoms with Crippen molar-refractivity contribution in [2.24, 2.45) is 13.0 Å². The third-order valence-corrected chi connectivity index (χ3v) is 4.46. The van der Waals surface area contributed by atoms with E-state index in [1.54, 1.807) is 22.8 Å². The molecule has 1 fully saturated rings. The van der Waals surface area contributed by atoms with Crippen molar-refractivity contribution >= 4 is 5.91 Å². The van der Waals surface area contributed by atoms with Crippen molar-refractivity contribution < 1.29 is 9.90 Å².